The van der Waals surface area contributed by atoms with Crippen molar-refractivity contribution in [1.82, 2.24) is 10.2 Å². The highest BCUT2D eigenvalue weighted by Gasteiger charge is 2.27. The van der Waals surface area contributed by atoms with Crippen LogP contribution in [-0.2, 0) is 16.1 Å². The van der Waals surface area contributed by atoms with E-state index in [4.69, 9.17) is 27.9 Å². The number of nitrogens with zero attached hydrogens (tertiary/aromatic N) is 1. The van der Waals surface area contributed by atoms with Gasteiger partial charge < -0.3 is 15.0 Å². The molecule has 2 aromatic carbocycles. The van der Waals surface area contributed by atoms with E-state index in [0.29, 0.717) is 41.1 Å². The molecule has 0 aliphatic heterocycles. The molecule has 174 valence electrons. The van der Waals surface area contributed by atoms with Crippen molar-refractivity contribution < 1.29 is 14.3 Å². The van der Waals surface area contributed by atoms with Crippen LogP contribution < -0.4 is 10.1 Å². The first-order valence-electron chi connectivity index (χ1n) is 10.9. The fraction of sp³-hybridized carbons (Fsp3) is 0.440. The molecule has 0 unspecified atom stereocenters. The summed E-state index contributed by atoms with van der Waals surface area (Å²) < 4.78 is 5.73. The second-order valence-corrected chi connectivity index (χ2v) is 9.12. The van der Waals surface area contributed by atoms with Gasteiger partial charge in [0.05, 0.1) is 6.61 Å². The second-order valence-electron chi connectivity index (χ2n) is 8.30. The van der Waals surface area contributed by atoms with Crippen LogP contribution in [0, 0.1) is 12.8 Å². The molecule has 1 N–H and O–H groups in total. The number of benzene rings is 2. The molecule has 0 bridgehead atoms. The summed E-state index contributed by atoms with van der Waals surface area (Å²) in [5.74, 6) is 0.725. The Morgan fingerprint density at radius 3 is 2.25 bits per heavy atom. The Labute approximate surface area is 201 Å². The third kappa shape index (κ3) is 8.03. The number of carbonyl (C=O) groups excluding carboxylic acids is 2. The van der Waals surface area contributed by atoms with Crippen LogP contribution in [0.5, 0.6) is 5.75 Å². The van der Waals surface area contributed by atoms with Gasteiger partial charge in [-0.25, -0.2) is 0 Å². The van der Waals surface area contributed by atoms with Crippen LogP contribution in [0.1, 0.15) is 44.7 Å². The molecule has 0 aromatic heterocycles. The maximum Gasteiger partial charge on any atom is 0.242 e. The number of carbonyl (C=O) groups is 2. The lowest BCUT2D eigenvalue weighted by molar-refractivity contribution is -0.140. The summed E-state index contributed by atoms with van der Waals surface area (Å²) in [6.45, 7) is 8.89. The Kier molecular flexibility index (Phi) is 10.3. The van der Waals surface area contributed by atoms with Crippen LogP contribution in [0.2, 0.25) is 10.0 Å². The Morgan fingerprint density at radius 2 is 1.66 bits per heavy atom. The van der Waals surface area contributed by atoms with Gasteiger partial charge in [0.25, 0.3) is 0 Å². The molecule has 0 saturated carbocycles. The molecule has 0 aliphatic rings. The zero-order valence-corrected chi connectivity index (χ0v) is 20.7. The van der Waals surface area contributed by atoms with E-state index in [0.717, 1.165) is 11.3 Å². The number of hydrogen-bond donors (Lipinski definition) is 1. The summed E-state index contributed by atoms with van der Waals surface area (Å²) in [4.78, 5) is 27.4. The summed E-state index contributed by atoms with van der Waals surface area (Å²) in [6.07, 6.45) is 0.773. The normalized spacial score (nSPS) is 11.8. The molecule has 0 saturated heterocycles. The minimum Gasteiger partial charge on any atom is -0.494 e. The van der Waals surface area contributed by atoms with E-state index in [1.807, 2.05) is 45.0 Å². The minimum atomic E-state index is -0.661. The summed E-state index contributed by atoms with van der Waals surface area (Å²) in [6, 6.07) is 12.3. The van der Waals surface area contributed by atoms with E-state index >= 15 is 0 Å². The van der Waals surface area contributed by atoms with Gasteiger partial charge in [-0.15, -0.1) is 0 Å². The number of nitrogens with one attached hydrogen (secondary N) is 1. The van der Waals surface area contributed by atoms with Gasteiger partial charge in [-0.1, -0.05) is 60.8 Å². The molecule has 0 fully saturated rings. The van der Waals surface area contributed by atoms with E-state index < -0.39 is 6.04 Å². The molecule has 2 amide bonds. The summed E-state index contributed by atoms with van der Waals surface area (Å²) in [5, 5.41) is 3.83. The van der Waals surface area contributed by atoms with Crippen molar-refractivity contribution in [1.29, 1.82) is 0 Å². The predicted octanol–water partition coefficient (Wildman–Crippen LogP) is 5.65. The van der Waals surface area contributed by atoms with Gasteiger partial charge in [0.15, 0.2) is 0 Å². The third-order valence-electron chi connectivity index (χ3n) is 5.07. The molecule has 2 aromatic rings. The van der Waals surface area contributed by atoms with Gasteiger partial charge in [-0.05, 0) is 50.5 Å². The molecule has 0 heterocycles. The van der Waals surface area contributed by atoms with Crippen molar-refractivity contribution in [3.63, 3.8) is 0 Å². The molecule has 0 aliphatic carbocycles. The van der Waals surface area contributed by atoms with E-state index in [9.17, 15) is 9.59 Å². The SMILES string of the molecule is Cc1ccc(OCCCC(=O)N(Cc2c(Cl)cccc2Cl)[C@@H](C)C(=O)NCC(C)C)cc1. The van der Waals surface area contributed by atoms with Crippen molar-refractivity contribution in [3.8, 4) is 5.75 Å². The molecular weight excluding hydrogens is 447 g/mol. The van der Waals surface area contributed by atoms with Crippen molar-refractivity contribution in [2.45, 2.75) is 53.1 Å². The summed E-state index contributed by atoms with van der Waals surface area (Å²) in [7, 11) is 0. The van der Waals surface area contributed by atoms with Crippen LogP contribution in [0.3, 0.4) is 0 Å². The monoisotopic (exact) mass is 478 g/mol. The van der Waals surface area contributed by atoms with Crippen molar-refractivity contribution in [2.75, 3.05) is 13.2 Å². The molecule has 0 spiro atoms. The molecule has 0 radical (unpaired) electrons. The molecule has 5 nitrogen and oxygen atoms in total. The fourth-order valence-electron chi connectivity index (χ4n) is 3.08. The van der Waals surface area contributed by atoms with Crippen LogP contribution in [-0.4, -0.2) is 35.9 Å². The van der Waals surface area contributed by atoms with Gasteiger partial charge in [0, 0.05) is 35.1 Å². The average Bonchev–Trinajstić information content (AvgIpc) is 2.75. The lowest BCUT2D eigenvalue weighted by Crippen LogP contribution is -2.48. The number of aryl methyl sites for hydroxylation is 1. The van der Waals surface area contributed by atoms with Crippen LogP contribution in [0.15, 0.2) is 42.5 Å². The summed E-state index contributed by atoms with van der Waals surface area (Å²) in [5.41, 5.74) is 1.79. The quantitative estimate of drug-likeness (QED) is 0.424. The summed E-state index contributed by atoms with van der Waals surface area (Å²) >= 11 is 12.7. The predicted molar refractivity (Wildman–Crippen MR) is 130 cm³/mol. The van der Waals surface area contributed by atoms with Crippen molar-refractivity contribution in [3.05, 3.63) is 63.6 Å². The van der Waals surface area contributed by atoms with Crippen molar-refractivity contribution >= 4 is 35.0 Å². The number of halogens is 2. The van der Waals surface area contributed by atoms with E-state index in [1.165, 1.54) is 4.90 Å². The Balaban J connectivity index is 2.05. The zero-order valence-electron chi connectivity index (χ0n) is 19.2. The largest absolute Gasteiger partial charge is 0.494 e. The average molecular weight is 479 g/mol. The first-order chi connectivity index (χ1) is 15.2. The Bertz CT molecular complexity index is 880. The molecule has 2 rings (SSSR count). The third-order valence-corrected chi connectivity index (χ3v) is 5.77. The lowest BCUT2D eigenvalue weighted by atomic mass is 10.1. The lowest BCUT2D eigenvalue weighted by Gasteiger charge is -2.29. The maximum atomic E-state index is 13.1. The molecule has 7 heteroatoms. The highest BCUT2D eigenvalue weighted by Crippen LogP contribution is 2.27. The van der Waals surface area contributed by atoms with Crippen LogP contribution >= 0.6 is 23.2 Å². The number of ether oxygens (including phenoxy) is 1. The Hall–Kier alpha value is -2.24. The van der Waals surface area contributed by atoms with Gasteiger partial charge >= 0.3 is 0 Å². The van der Waals surface area contributed by atoms with E-state index in [2.05, 4.69) is 5.32 Å². The van der Waals surface area contributed by atoms with Crippen LogP contribution in [0.25, 0.3) is 0 Å². The minimum absolute atomic E-state index is 0.152. The van der Waals surface area contributed by atoms with Gasteiger partial charge in [0.1, 0.15) is 11.8 Å². The number of rotatable bonds is 11. The fourth-order valence-corrected chi connectivity index (χ4v) is 3.60. The molecular formula is C25H32Cl2N2O3. The van der Waals surface area contributed by atoms with Gasteiger partial charge in [-0.3, -0.25) is 9.59 Å². The second kappa shape index (κ2) is 12.7. The topological polar surface area (TPSA) is 58.6 Å². The van der Waals surface area contributed by atoms with E-state index in [-0.39, 0.29) is 24.8 Å². The van der Waals surface area contributed by atoms with Gasteiger partial charge in [-0.2, -0.15) is 0 Å². The molecule has 32 heavy (non-hydrogen) atoms. The van der Waals surface area contributed by atoms with E-state index in [1.54, 1.807) is 25.1 Å². The highest BCUT2D eigenvalue weighted by molar-refractivity contribution is 6.36. The smallest absolute Gasteiger partial charge is 0.242 e. The maximum absolute atomic E-state index is 13.1. The number of hydrogen-bond acceptors (Lipinski definition) is 3. The molecule has 1 atom stereocenters. The van der Waals surface area contributed by atoms with Crippen molar-refractivity contribution in [2.24, 2.45) is 5.92 Å². The zero-order chi connectivity index (χ0) is 23.7. The first-order valence-corrected chi connectivity index (χ1v) is 11.6. The standard InChI is InChI=1S/C25H32Cl2N2O3/c1-17(2)15-28-25(31)19(4)29(16-21-22(26)7-5-8-23(21)27)24(30)9-6-14-32-20-12-10-18(3)11-13-20/h5,7-8,10-13,17,19H,6,9,14-16H2,1-4H3,(H,28,31)/t19-/m0/s1. The Morgan fingerprint density at radius 1 is 1.03 bits per heavy atom. The van der Waals surface area contributed by atoms with Crippen LogP contribution in [0.4, 0.5) is 0 Å². The highest BCUT2D eigenvalue weighted by atomic mass is 35.5. The van der Waals surface area contributed by atoms with Gasteiger partial charge in [0.2, 0.25) is 11.8 Å². The first kappa shape index (κ1) is 26.0. The number of amides is 2.